The molecule has 0 unspecified atom stereocenters. The summed E-state index contributed by atoms with van der Waals surface area (Å²) in [7, 11) is 1.62. The zero-order chi connectivity index (χ0) is 18.2. The van der Waals surface area contributed by atoms with Crippen LogP contribution in [0.15, 0.2) is 48.5 Å². The molecule has 5 heteroatoms. The number of hydrogen-bond donors (Lipinski definition) is 1. The summed E-state index contributed by atoms with van der Waals surface area (Å²) in [5, 5.41) is 3.01. The summed E-state index contributed by atoms with van der Waals surface area (Å²) in [6, 6.07) is 15.7. The first-order valence-corrected chi connectivity index (χ1v) is 8.95. The summed E-state index contributed by atoms with van der Waals surface area (Å²) in [5.41, 5.74) is 2.08. The smallest absolute Gasteiger partial charge is 0.223 e. The molecule has 2 aromatic rings. The highest BCUT2D eigenvalue weighted by Crippen LogP contribution is 2.29. The number of carbonyl (C=O) groups is 1. The molecule has 1 aliphatic rings. The number of amides is 1. The molecule has 5 nitrogen and oxygen atoms in total. The van der Waals surface area contributed by atoms with Crippen molar-refractivity contribution < 1.29 is 19.0 Å². The number of nitrogens with one attached hydrogen (secondary N) is 1. The summed E-state index contributed by atoms with van der Waals surface area (Å²) in [5.74, 6) is 1.51. The van der Waals surface area contributed by atoms with Crippen molar-refractivity contribution >= 4 is 5.91 Å². The molecule has 0 radical (unpaired) electrons. The van der Waals surface area contributed by atoms with Gasteiger partial charge in [-0.25, -0.2) is 0 Å². The Hall–Kier alpha value is -2.53. The number of rotatable bonds is 7. The van der Waals surface area contributed by atoms with E-state index in [1.807, 2.05) is 48.5 Å². The van der Waals surface area contributed by atoms with Crippen LogP contribution in [0.2, 0.25) is 0 Å². The minimum Gasteiger partial charge on any atom is -0.493 e. The first-order valence-electron chi connectivity index (χ1n) is 8.95. The molecule has 0 saturated carbocycles. The molecule has 0 bridgehead atoms. The van der Waals surface area contributed by atoms with Gasteiger partial charge in [0.15, 0.2) is 11.5 Å². The second kappa shape index (κ2) is 9.25. The number of carbonyl (C=O) groups excluding carboxylic acids is 1. The van der Waals surface area contributed by atoms with Gasteiger partial charge in [-0.2, -0.15) is 0 Å². The highest BCUT2D eigenvalue weighted by Gasteiger charge is 2.21. The number of ether oxygens (including phenoxy) is 3. The fourth-order valence-electron chi connectivity index (χ4n) is 2.97. The van der Waals surface area contributed by atoms with E-state index >= 15 is 0 Å². The van der Waals surface area contributed by atoms with Crippen molar-refractivity contribution in [2.75, 3.05) is 20.3 Å². The van der Waals surface area contributed by atoms with Crippen molar-refractivity contribution in [3.8, 4) is 11.5 Å². The molecule has 1 heterocycles. The standard InChI is InChI=1S/C21H25NO4/c1-24-20-13-17(14-22-21(23)18-9-11-25-12-10-18)7-8-19(20)26-15-16-5-3-2-4-6-16/h2-8,13,18H,9-12,14-15H2,1H3,(H,22,23). The van der Waals surface area contributed by atoms with Crippen LogP contribution in [0.25, 0.3) is 0 Å². The predicted molar refractivity (Wildman–Crippen MR) is 99.2 cm³/mol. The molecular weight excluding hydrogens is 330 g/mol. The SMILES string of the molecule is COc1cc(CNC(=O)C2CCOCC2)ccc1OCc1ccccc1. The average molecular weight is 355 g/mol. The Morgan fingerprint density at radius 2 is 1.85 bits per heavy atom. The fraction of sp³-hybridized carbons (Fsp3) is 0.381. The molecule has 1 amide bonds. The van der Waals surface area contributed by atoms with E-state index in [4.69, 9.17) is 14.2 Å². The van der Waals surface area contributed by atoms with Gasteiger partial charge in [-0.15, -0.1) is 0 Å². The highest BCUT2D eigenvalue weighted by atomic mass is 16.5. The lowest BCUT2D eigenvalue weighted by atomic mass is 9.99. The molecule has 0 atom stereocenters. The van der Waals surface area contributed by atoms with Crippen LogP contribution in [-0.2, 0) is 22.7 Å². The highest BCUT2D eigenvalue weighted by molar-refractivity contribution is 5.78. The van der Waals surface area contributed by atoms with E-state index < -0.39 is 0 Å². The second-order valence-corrected chi connectivity index (χ2v) is 6.36. The van der Waals surface area contributed by atoms with Gasteiger partial charge in [-0.3, -0.25) is 4.79 Å². The van der Waals surface area contributed by atoms with Crippen LogP contribution >= 0.6 is 0 Å². The van der Waals surface area contributed by atoms with Crippen molar-refractivity contribution in [2.24, 2.45) is 5.92 Å². The summed E-state index contributed by atoms with van der Waals surface area (Å²) in [6.07, 6.45) is 1.59. The molecule has 2 aromatic carbocycles. The Labute approximate surface area is 154 Å². The van der Waals surface area contributed by atoms with E-state index in [1.165, 1.54) is 0 Å². The molecule has 1 aliphatic heterocycles. The van der Waals surface area contributed by atoms with Crippen molar-refractivity contribution in [1.29, 1.82) is 0 Å². The van der Waals surface area contributed by atoms with Gasteiger partial charge < -0.3 is 19.5 Å². The van der Waals surface area contributed by atoms with E-state index in [1.54, 1.807) is 7.11 Å². The minimum absolute atomic E-state index is 0.0547. The summed E-state index contributed by atoms with van der Waals surface area (Å²) in [4.78, 5) is 12.2. The van der Waals surface area contributed by atoms with Crippen LogP contribution in [-0.4, -0.2) is 26.2 Å². The third kappa shape index (κ3) is 4.99. The molecule has 1 N–H and O–H groups in total. The molecule has 1 saturated heterocycles. The predicted octanol–water partition coefficient (Wildman–Crippen LogP) is 3.32. The molecular formula is C21H25NO4. The Morgan fingerprint density at radius 1 is 1.08 bits per heavy atom. The third-order valence-electron chi connectivity index (χ3n) is 4.52. The third-order valence-corrected chi connectivity index (χ3v) is 4.52. The molecule has 0 spiro atoms. The Kier molecular flexibility index (Phi) is 6.50. The van der Waals surface area contributed by atoms with Crippen LogP contribution in [0.3, 0.4) is 0 Å². The van der Waals surface area contributed by atoms with Gasteiger partial charge >= 0.3 is 0 Å². The van der Waals surface area contributed by atoms with Gasteiger partial charge in [-0.05, 0) is 36.1 Å². The molecule has 26 heavy (non-hydrogen) atoms. The second-order valence-electron chi connectivity index (χ2n) is 6.36. The van der Waals surface area contributed by atoms with Crippen molar-refractivity contribution in [1.82, 2.24) is 5.32 Å². The first-order chi connectivity index (χ1) is 12.8. The molecule has 1 fully saturated rings. The van der Waals surface area contributed by atoms with Crippen LogP contribution in [0.5, 0.6) is 11.5 Å². The zero-order valence-electron chi connectivity index (χ0n) is 15.1. The van der Waals surface area contributed by atoms with E-state index in [0.29, 0.717) is 37.9 Å². The maximum Gasteiger partial charge on any atom is 0.223 e. The van der Waals surface area contributed by atoms with Gasteiger partial charge in [-0.1, -0.05) is 36.4 Å². The number of hydrogen-bond acceptors (Lipinski definition) is 4. The number of benzene rings is 2. The molecule has 138 valence electrons. The monoisotopic (exact) mass is 355 g/mol. The molecule has 0 aliphatic carbocycles. The van der Waals surface area contributed by atoms with Crippen molar-refractivity contribution in [2.45, 2.75) is 26.0 Å². The van der Waals surface area contributed by atoms with E-state index in [0.717, 1.165) is 24.0 Å². The lowest BCUT2D eigenvalue weighted by Crippen LogP contribution is -2.33. The van der Waals surface area contributed by atoms with Gasteiger partial charge in [0.25, 0.3) is 0 Å². The first kappa shape index (κ1) is 18.3. The lowest BCUT2D eigenvalue weighted by molar-refractivity contribution is -0.128. The van der Waals surface area contributed by atoms with Gasteiger partial charge in [0, 0.05) is 25.7 Å². The average Bonchev–Trinajstić information content (AvgIpc) is 2.72. The van der Waals surface area contributed by atoms with E-state index in [2.05, 4.69) is 5.32 Å². The van der Waals surface area contributed by atoms with Crippen LogP contribution in [0.1, 0.15) is 24.0 Å². The Bertz CT molecular complexity index is 711. The van der Waals surface area contributed by atoms with Crippen LogP contribution in [0, 0.1) is 5.92 Å². The zero-order valence-corrected chi connectivity index (χ0v) is 15.1. The Balaban J connectivity index is 1.56. The maximum absolute atomic E-state index is 12.2. The number of methoxy groups -OCH3 is 1. The lowest BCUT2D eigenvalue weighted by Gasteiger charge is -2.21. The topological polar surface area (TPSA) is 56.8 Å². The van der Waals surface area contributed by atoms with E-state index in [-0.39, 0.29) is 11.8 Å². The van der Waals surface area contributed by atoms with E-state index in [9.17, 15) is 4.79 Å². The summed E-state index contributed by atoms with van der Waals surface area (Å²) in [6.45, 7) is 2.29. The normalized spacial score (nSPS) is 14.7. The van der Waals surface area contributed by atoms with Crippen LogP contribution in [0.4, 0.5) is 0 Å². The summed E-state index contributed by atoms with van der Waals surface area (Å²) >= 11 is 0. The Morgan fingerprint density at radius 3 is 2.58 bits per heavy atom. The minimum atomic E-state index is 0.0547. The van der Waals surface area contributed by atoms with Gasteiger partial charge in [0.2, 0.25) is 5.91 Å². The fourth-order valence-corrected chi connectivity index (χ4v) is 2.97. The van der Waals surface area contributed by atoms with Gasteiger partial charge in [0.05, 0.1) is 7.11 Å². The van der Waals surface area contributed by atoms with Crippen molar-refractivity contribution in [3.63, 3.8) is 0 Å². The maximum atomic E-state index is 12.2. The van der Waals surface area contributed by atoms with Crippen LogP contribution < -0.4 is 14.8 Å². The molecule has 3 rings (SSSR count). The quantitative estimate of drug-likeness (QED) is 0.828. The molecule has 0 aromatic heterocycles. The largest absolute Gasteiger partial charge is 0.493 e. The van der Waals surface area contributed by atoms with Crippen molar-refractivity contribution in [3.05, 3.63) is 59.7 Å². The summed E-state index contributed by atoms with van der Waals surface area (Å²) < 4.78 is 16.6. The van der Waals surface area contributed by atoms with Gasteiger partial charge in [0.1, 0.15) is 6.61 Å².